The first-order valence-corrected chi connectivity index (χ1v) is 10.5. The molecule has 0 aliphatic carbocycles. The Kier molecular flexibility index (Phi) is 3.87. The quantitative estimate of drug-likeness (QED) is 0.838. The lowest BCUT2D eigenvalue weighted by Gasteiger charge is -2.36. The number of fused-ring (bicyclic) bond motifs is 5. The highest BCUT2D eigenvalue weighted by Gasteiger charge is 2.37. The van der Waals surface area contributed by atoms with Gasteiger partial charge < -0.3 is 0 Å². The van der Waals surface area contributed by atoms with Gasteiger partial charge in [0, 0.05) is 32.2 Å². The molecule has 3 aliphatic heterocycles. The SMILES string of the molecule is CS(=O)(=O)N1C[C@H]2CC[C@@H](C1)N(Cc1ccc3nsnc3c1)C2. The molecule has 5 rings (SSSR count). The van der Waals surface area contributed by atoms with Crippen LogP contribution in [0.15, 0.2) is 18.2 Å². The van der Waals surface area contributed by atoms with Crippen molar-refractivity contribution in [2.24, 2.45) is 5.92 Å². The maximum atomic E-state index is 11.9. The summed E-state index contributed by atoms with van der Waals surface area (Å²) >= 11 is 1.24. The van der Waals surface area contributed by atoms with E-state index in [-0.39, 0.29) is 0 Å². The lowest BCUT2D eigenvalue weighted by Crippen LogP contribution is -2.43. The van der Waals surface area contributed by atoms with Crippen LogP contribution in [0.3, 0.4) is 0 Å². The van der Waals surface area contributed by atoms with Crippen LogP contribution in [0, 0.1) is 5.92 Å². The van der Waals surface area contributed by atoms with Crippen LogP contribution in [0.2, 0.25) is 0 Å². The molecular weight excluding hydrogens is 332 g/mol. The largest absolute Gasteiger partial charge is 0.294 e. The molecule has 6 nitrogen and oxygen atoms in total. The number of rotatable bonds is 3. The highest BCUT2D eigenvalue weighted by molar-refractivity contribution is 7.88. The molecule has 0 N–H and O–H groups in total. The minimum Gasteiger partial charge on any atom is -0.294 e. The predicted molar refractivity (Wildman–Crippen MR) is 90.8 cm³/mol. The summed E-state index contributed by atoms with van der Waals surface area (Å²) in [4.78, 5) is 2.44. The molecule has 3 aliphatic rings. The van der Waals surface area contributed by atoms with Crippen LogP contribution < -0.4 is 0 Å². The maximum absolute atomic E-state index is 11.9. The Bertz CT molecular complexity index is 820. The molecule has 0 radical (unpaired) electrons. The minimum absolute atomic E-state index is 0.313. The summed E-state index contributed by atoms with van der Waals surface area (Å²) < 4.78 is 34.1. The molecule has 0 spiro atoms. The van der Waals surface area contributed by atoms with E-state index in [1.807, 2.05) is 6.07 Å². The first-order valence-electron chi connectivity index (χ1n) is 7.89. The van der Waals surface area contributed by atoms with Crippen molar-refractivity contribution in [1.29, 1.82) is 0 Å². The minimum atomic E-state index is -3.10. The van der Waals surface area contributed by atoms with Crippen molar-refractivity contribution in [2.45, 2.75) is 25.4 Å². The zero-order valence-corrected chi connectivity index (χ0v) is 14.7. The standard InChI is InChI=1S/C15H20N4O2S2/c1-23(20,21)19-9-12-2-4-13(10-19)18(8-12)7-11-3-5-14-15(6-11)17-22-16-14/h3,5-6,12-13H,2,4,7-10H2,1H3/t12-,13-/m0/s1. The fourth-order valence-corrected chi connectivity index (χ4v) is 5.20. The Morgan fingerprint density at radius 3 is 2.83 bits per heavy atom. The van der Waals surface area contributed by atoms with Gasteiger partial charge in [-0.2, -0.15) is 8.75 Å². The highest BCUT2D eigenvalue weighted by atomic mass is 32.2. The van der Waals surface area contributed by atoms with Gasteiger partial charge in [-0.1, -0.05) is 6.07 Å². The maximum Gasteiger partial charge on any atom is 0.211 e. The number of piperidine rings is 1. The van der Waals surface area contributed by atoms with Crippen molar-refractivity contribution in [3.05, 3.63) is 23.8 Å². The Morgan fingerprint density at radius 2 is 2.00 bits per heavy atom. The van der Waals surface area contributed by atoms with Crippen LogP contribution in [0.1, 0.15) is 18.4 Å². The lowest BCUT2D eigenvalue weighted by molar-refractivity contribution is 0.125. The molecule has 8 heteroatoms. The Hall–Kier alpha value is -1.09. The summed E-state index contributed by atoms with van der Waals surface area (Å²) in [7, 11) is -3.10. The number of hydrogen-bond donors (Lipinski definition) is 0. The van der Waals surface area contributed by atoms with Crippen molar-refractivity contribution in [1.82, 2.24) is 18.0 Å². The molecule has 1 aromatic heterocycles. The number of nitrogens with zero attached hydrogens (tertiary/aromatic N) is 4. The van der Waals surface area contributed by atoms with Crippen LogP contribution in [0.4, 0.5) is 0 Å². The average Bonchev–Trinajstić information content (AvgIpc) is 2.75. The Morgan fingerprint density at radius 1 is 1.17 bits per heavy atom. The monoisotopic (exact) mass is 352 g/mol. The van der Waals surface area contributed by atoms with Gasteiger partial charge in [-0.3, -0.25) is 4.90 Å². The van der Waals surface area contributed by atoms with Crippen molar-refractivity contribution in [3.8, 4) is 0 Å². The van der Waals surface area contributed by atoms with E-state index in [1.165, 1.54) is 23.5 Å². The molecule has 124 valence electrons. The summed E-state index contributed by atoms with van der Waals surface area (Å²) in [5.74, 6) is 0.438. The third-order valence-corrected chi connectivity index (χ3v) is 6.76. The third kappa shape index (κ3) is 3.13. The predicted octanol–water partition coefficient (Wildman–Crippen LogP) is 1.55. The summed E-state index contributed by atoms with van der Waals surface area (Å²) in [5, 5.41) is 0. The third-order valence-electron chi connectivity index (χ3n) is 4.97. The number of aromatic nitrogens is 2. The second-order valence-corrected chi connectivity index (χ2v) is 9.20. The van der Waals surface area contributed by atoms with Crippen LogP contribution >= 0.6 is 11.7 Å². The molecule has 1 aromatic carbocycles. The van der Waals surface area contributed by atoms with E-state index in [9.17, 15) is 8.42 Å². The zero-order valence-electron chi connectivity index (χ0n) is 13.1. The van der Waals surface area contributed by atoms with Gasteiger partial charge in [0.1, 0.15) is 11.0 Å². The molecule has 3 fully saturated rings. The van der Waals surface area contributed by atoms with E-state index in [4.69, 9.17) is 0 Å². The zero-order chi connectivity index (χ0) is 16.0. The van der Waals surface area contributed by atoms with E-state index in [2.05, 4.69) is 25.8 Å². The fourth-order valence-electron chi connectivity index (χ4n) is 3.76. The van der Waals surface area contributed by atoms with Crippen LogP contribution in [0.5, 0.6) is 0 Å². The molecule has 4 heterocycles. The van der Waals surface area contributed by atoms with E-state index in [0.717, 1.165) is 37.0 Å². The number of sulfonamides is 1. The van der Waals surface area contributed by atoms with Gasteiger partial charge in [0.25, 0.3) is 0 Å². The summed E-state index contributed by atoms with van der Waals surface area (Å²) in [6.07, 6.45) is 3.53. The van der Waals surface area contributed by atoms with Gasteiger partial charge in [-0.25, -0.2) is 12.7 Å². The molecule has 3 saturated heterocycles. The van der Waals surface area contributed by atoms with Crippen LogP contribution in [-0.4, -0.2) is 58.3 Å². The van der Waals surface area contributed by atoms with Crippen molar-refractivity contribution >= 4 is 32.8 Å². The first-order chi connectivity index (χ1) is 11.0. The van der Waals surface area contributed by atoms with Crippen molar-refractivity contribution in [2.75, 3.05) is 25.9 Å². The van der Waals surface area contributed by atoms with E-state index in [0.29, 0.717) is 25.0 Å². The first kappa shape index (κ1) is 15.4. The Labute approximate surface area is 140 Å². The average molecular weight is 352 g/mol. The second kappa shape index (κ2) is 5.77. The van der Waals surface area contributed by atoms with Crippen LogP contribution in [0.25, 0.3) is 11.0 Å². The van der Waals surface area contributed by atoms with Gasteiger partial charge >= 0.3 is 0 Å². The van der Waals surface area contributed by atoms with E-state index < -0.39 is 10.0 Å². The summed E-state index contributed by atoms with van der Waals surface area (Å²) in [5.41, 5.74) is 3.12. The second-order valence-electron chi connectivity index (χ2n) is 6.69. The van der Waals surface area contributed by atoms with Gasteiger partial charge in [0.2, 0.25) is 10.0 Å². The van der Waals surface area contributed by atoms with Crippen molar-refractivity contribution in [3.63, 3.8) is 0 Å². The van der Waals surface area contributed by atoms with E-state index in [1.54, 1.807) is 4.31 Å². The van der Waals surface area contributed by atoms with Gasteiger partial charge in [-0.15, -0.1) is 0 Å². The Balaban J connectivity index is 1.55. The molecule has 0 amide bonds. The molecule has 2 aromatic rings. The number of hydrogen-bond acceptors (Lipinski definition) is 6. The topological polar surface area (TPSA) is 66.4 Å². The smallest absolute Gasteiger partial charge is 0.211 e. The van der Waals surface area contributed by atoms with Crippen LogP contribution in [-0.2, 0) is 16.6 Å². The molecule has 23 heavy (non-hydrogen) atoms. The van der Waals surface area contributed by atoms with Gasteiger partial charge in [0.05, 0.1) is 18.0 Å². The number of benzene rings is 1. The van der Waals surface area contributed by atoms with Crippen molar-refractivity contribution < 1.29 is 8.42 Å². The summed E-state index contributed by atoms with van der Waals surface area (Å²) in [6.45, 7) is 3.12. The highest BCUT2D eigenvalue weighted by Crippen LogP contribution is 2.30. The molecular formula is C15H20N4O2S2. The molecule has 2 bridgehead atoms. The lowest BCUT2D eigenvalue weighted by atomic mass is 9.94. The molecule has 2 atom stereocenters. The summed E-state index contributed by atoms with van der Waals surface area (Å²) in [6, 6.07) is 6.54. The van der Waals surface area contributed by atoms with E-state index >= 15 is 0 Å². The normalized spacial score (nSPS) is 26.7. The van der Waals surface area contributed by atoms with Gasteiger partial charge in [0.15, 0.2) is 0 Å². The molecule has 0 unspecified atom stereocenters. The van der Waals surface area contributed by atoms with Gasteiger partial charge in [-0.05, 0) is 36.5 Å². The molecule has 0 saturated carbocycles. The fraction of sp³-hybridized carbons (Fsp3) is 0.600.